The molecule has 31 heavy (non-hydrogen) atoms. The molecule has 4 aliphatic carbocycles. The molecule has 1 aliphatic heterocycles. The van der Waals surface area contributed by atoms with E-state index in [1.54, 1.807) is 0 Å². The molecule has 5 aliphatic rings. The van der Waals surface area contributed by atoms with Gasteiger partial charge in [-0.1, -0.05) is 13.8 Å². The summed E-state index contributed by atoms with van der Waals surface area (Å²) in [6, 6.07) is 0. The van der Waals surface area contributed by atoms with Gasteiger partial charge in [-0.2, -0.15) is 0 Å². The van der Waals surface area contributed by atoms with Gasteiger partial charge in [0.05, 0.1) is 18.2 Å². The fourth-order valence-electron chi connectivity index (χ4n) is 8.88. The second-order valence-electron chi connectivity index (χ2n) is 12.6. The molecular weight excluding hydrogens is 394 g/mol. The van der Waals surface area contributed by atoms with Gasteiger partial charge in [-0.15, -0.1) is 10.3 Å². The lowest BCUT2D eigenvalue weighted by molar-refractivity contribution is -0.321. The van der Waals surface area contributed by atoms with Crippen molar-refractivity contribution >= 4 is 5.97 Å². The van der Waals surface area contributed by atoms with E-state index in [0.29, 0.717) is 30.8 Å². The van der Waals surface area contributed by atoms with Crippen LogP contribution in [-0.2, 0) is 19.5 Å². The minimum absolute atomic E-state index is 0.0105. The summed E-state index contributed by atoms with van der Waals surface area (Å²) in [4.78, 5) is 11.7. The number of nitrogens with zero attached hydrogens (tertiary/aromatic N) is 1. The van der Waals surface area contributed by atoms with E-state index in [1.165, 1.54) is 12.0 Å². The Balaban J connectivity index is 1.40. The van der Waals surface area contributed by atoms with Crippen LogP contribution in [0, 0.1) is 34.5 Å². The third-order valence-electron chi connectivity index (χ3n) is 10.5. The predicted molar refractivity (Wildman–Crippen MR) is 114 cm³/mol. The van der Waals surface area contributed by atoms with E-state index >= 15 is 0 Å². The number of hydroxylamine groups is 2. The Kier molecular flexibility index (Phi) is 4.93. The van der Waals surface area contributed by atoms with Crippen LogP contribution in [0.1, 0.15) is 86.0 Å². The molecule has 0 aromatic rings. The van der Waals surface area contributed by atoms with E-state index in [4.69, 9.17) is 9.47 Å². The van der Waals surface area contributed by atoms with Crippen LogP contribution in [-0.4, -0.2) is 46.2 Å². The number of esters is 1. The largest absolute Gasteiger partial charge is 0.462 e. The Bertz CT molecular complexity index is 756. The first-order chi connectivity index (χ1) is 14.4. The van der Waals surface area contributed by atoms with Crippen molar-refractivity contribution in [2.75, 3.05) is 6.61 Å². The Labute approximate surface area is 186 Å². The van der Waals surface area contributed by atoms with Gasteiger partial charge in [-0.3, -0.25) is 4.79 Å². The summed E-state index contributed by atoms with van der Waals surface area (Å²) in [5.41, 5.74) is -1.21. The molecule has 6 unspecified atom stereocenters. The van der Waals surface area contributed by atoms with E-state index in [-0.39, 0.29) is 28.8 Å². The molecule has 6 nitrogen and oxygen atoms in total. The third-order valence-corrected chi connectivity index (χ3v) is 10.5. The van der Waals surface area contributed by atoms with Crippen molar-refractivity contribution in [3.63, 3.8) is 0 Å². The van der Waals surface area contributed by atoms with Crippen LogP contribution in [0.15, 0.2) is 0 Å². The van der Waals surface area contributed by atoms with Crippen LogP contribution in [0.25, 0.3) is 0 Å². The molecule has 0 aromatic heterocycles. The Morgan fingerprint density at radius 1 is 1.00 bits per heavy atom. The maximum atomic E-state index is 13.2. The number of fused-ring (bicyclic) bond motifs is 5. The predicted octanol–water partition coefficient (Wildman–Crippen LogP) is 4.08. The van der Waals surface area contributed by atoms with Gasteiger partial charge in [0.2, 0.25) is 0 Å². The molecule has 4 saturated carbocycles. The van der Waals surface area contributed by atoms with Crippen LogP contribution < -0.4 is 0 Å². The summed E-state index contributed by atoms with van der Waals surface area (Å²) >= 11 is 0. The van der Waals surface area contributed by atoms with Gasteiger partial charge in [0.1, 0.15) is 11.8 Å². The van der Waals surface area contributed by atoms with Crippen molar-refractivity contribution < 1.29 is 24.6 Å². The number of carbonyl (C=O) groups is 1. The average molecular weight is 435 g/mol. The van der Waals surface area contributed by atoms with Crippen molar-refractivity contribution in [3.05, 3.63) is 0 Å². The highest BCUT2D eigenvalue weighted by atomic mass is 16.6. The summed E-state index contributed by atoms with van der Waals surface area (Å²) in [7, 11) is 0. The van der Waals surface area contributed by atoms with Gasteiger partial charge in [-0.25, -0.2) is 0 Å². The summed E-state index contributed by atoms with van der Waals surface area (Å²) in [5, 5.41) is 25.8. The molecule has 1 radical (unpaired) electrons. The van der Waals surface area contributed by atoms with Crippen molar-refractivity contribution in [1.29, 1.82) is 0 Å². The zero-order chi connectivity index (χ0) is 22.4. The van der Waals surface area contributed by atoms with Crippen molar-refractivity contribution in [3.8, 4) is 0 Å². The SMILES string of the molecule is CC(=O)OC1CCC2C3C[C@H](O)C4CC5(CC[C@]4(C)C3CC[C@]12C)OCC(C)(C)N5[O]. The highest BCUT2D eigenvalue weighted by Gasteiger charge is 2.66. The van der Waals surface area contributed by atoms with E-state index < -0.39 is 17.4 Å². The molecule has 1 saturated heterocycles. The summed E-state index contributed by atoms with van der Waals surface area (Å²) in [6.45, 7) is 10.6. The van der Waals surface area contributed by atoms with E-state index in [0.717, 1.165) is 44.9 Å². The molecule has 1 heterocycles. The standard InChI is InChI=1S/C25H40NO5/c1-15(27)31-21-7-6-17-16-12-20(28)19-13-25(26(29)22(2,3)14-30-25)11-10-23(19,4)18(16)8-9-24(17,21)5/h16-21,28H,6-14H2,1-5H3/t16?,17?,18?,19?,20-,21?,23+,24-,25?/m0/s1. The lowest BCUT2D eigenvalue weighted by Crippen LogP contribution is -2.63. The highest BCUT2D eigenvalue weighted by Crippen LogP contribution is 2.68. The number of rotatable bonds is 1. The normalized spacial score (nSPS) is 53.6. The second kappa shape index (κ2) is 6.91. The van der Waals surface area contributed by atoms with Gasteiger partial charge in [0.15, 0.2) is 0 Å². The minimum Gasteiger partial charge on any atom is -0.462 e. The smallest absolute Gasteiger partial charge is 0.302 e. The molecule has 9 atom stereocenters. The first-order valence-electron chi connectivity index (χ1n) is 12.4. The average Bonchev–Trinajstić information content (AvgIpc) is 3.13. The van der Waals surface area contributed by atoms with Crippen LogP contribution in [0.3, 0.4) is 0 Å². The zero-order valence-electron chi connectivity index (χ0n) is 19.9. The van der Waals surface area contributed by atoms with Gasteiger partial charge in [0.25, 0.3) is 0 Å². The first kappa shape index (κ1) is 22.1. The fourth-order valence-corrected chi connectivity index (χ4v) is 8.88. The highest BCUT2D eigenvalue weighted by molar-refractivity contribution is 5.66. The maximum Gasteiger partial charge on any atom is 0.302 e. The molecule has 5 fully saturated rings. The van der Waals surface area contributed by atoms with Gasteiger partial charge < -0.3 is 14.6 Å². The maximum absolute atomic E-state index is 13.2. The van der Waals surface area contributed by atoms with Gasteiger partial charge in [0, 0.05) is 12.3 Å². The summed E-state index contributed by atoms with van der Waals surface area (Å²) in [5.74, 6) is 1.44. The monoisotopic (exact) mass is 434 g/mol. The molecule has 1 N–H and O–H groups in total. The molecular formula is C25H40NO5. The zero-order valence-corrected chi connectivity index (χ0v) is 19.9. The summed E-state index contributed by atoms with van der Waals surface area (Å²) < 4.78 is 11.9. The molecule has 0 bridgehead atoms. The molecule has 1 spiro atoms. The van der Waals surface area contributed by atoms with E-state index in [2.05, 4.69) is 13.8 Å². The van der Waals surface area contributed by atoms with Gasteiger partial charge in [-0.05, 0) is 94.3 Å². The number of aliphatic hydroxyl groups excluding tert-OH is 1. The van der Waals surface area contributed by atoms with Crippen LogP contribution >= 0.6 is 0 Å². The lowest BCUT2D eigenvalue weighted by atomic mass is 9.44. The van der Waals surface area contributed by atoms with Crippen LogP contribution in [0.2, 0.25) is 0 Å². The van der Waals surface area contributed by atoms with Crippen molar-refractivity contribution in [2.24, 2.45) is 34.5 Å². The fraction of sp³-hybridized carbons (Fsp3) is 0.960. The van der Waals surface area contributed by atoms with E-state index in [1.807, 2.05) is 13.8 Å². The van der Waals surface area contributed by atoms with Crippen molar-refractivity contribution in [2.45, 2.75) is 109 Å². The quantitative estimate of drug-likeness (QED) is 0.629. The summed E-state index contributed by atoms with van der Waals surface area (Å²) in [6.07, 6.45) is 6.95. The molecule has 175 valence electrons. The number of carbonyl (C=O) groups excluding carboxylic acids is 1. The Morgan fingerprint density at radius 2 is 1.71 bits per heavy atom. The molecule has 5 rings (SSSR count). The molecule has 0 amide bonds. The number of aliphatic hydroxyl groups is 1. The number of hydrogen-bond acceptors (Lipinski definition) is 5. The second-order valence-corrected chi connectivity index (χ2v) is 12.6. The minimum atomic E-state index is -0.765. The third kappa shape index (κ3) is 3.00. The van der Waals surface area contributed by atoms with Crippen LogP contribution in [0.5, 0.6) is 0 Å². The molecule has 0 aromatic carbocycles. The topological polar surface area (TPSA) is 78.9 Å². The Hall–Kier alpha value is -0.690. The van der Waals surface area contributed by atoms with Crippen LogP contribution in [0.4, 0.5) is 0 Å². The number of hydrogen-bond donors (Lipinski definition) is 1. The van der Waals surface area contributed by atoms with Gasteiger partial charge >= 0.3 is 5.97 Å². The van der Waals surface area contributed by atoms with Crippen molar-refractivity contribution in [1.82, 2.24) is 5.06 Å². The first-order valence-corrected chi connectivity index (χ1v) is 12.4. The lowest BCUT2D eigenvalue weighted by Gasteiger charge is -2.63. The van der Waals surface area contributed by atoms with E-state index in [9.17, 15) is 15.1 Å². The number of ether oxygens (including phenoxy) is 2. The Morgan fingerprint density at radius 3 is 2.35 bits per heavy atom. The molecule has 6 heteroatoms.